The fraction of sp³-hybridized carbons (Fsp3) is 0.538. The predicted molar refractivity (Wildman–Crippen MR) is 67.0 cm³/mol. The smallest absolute Gasteiger partial charge is 0.255 e. The molecule has 0 aromatic carbocycles. The predicted octanol–water partition coefficient (Wildman–Crippen LogP) is 1.17. The van der Waals surface area contributed by atoms with Crippen LogP contribution in [-0.2, 0) is 0 Å². The van der Waals surface area contributed by atoms with E-state index in [-0.39, 0.29) is 5.91 Å². The largest absolute Gasteiger partial charge is 0.337 e. The van der Waals surface area contributed by atoms with Crippen LogP contribution in [0.15, 0.2) is 18.5 Å². The Morgan fingerprint density at radius 2 is 2.24 bits per heavy atom. The lowest BCUT2D eigenvalue weighted by molar-refractivity contribution is 0.0782. The molecule has 4 heteroatoms. The zero-order valence-corrected chi connectivity index (χ0v) is 10.7. The summed E-state index contributed by atoms with van der Waals surface area (Å²) in [5.74, 6) is 0.102. The van der Waals surface area contributed by atoms with Gasteiger partial charge in [0.2, 0.25) is 0 Å². The van der Waals surface area contributed by atoms with Crippen molar-refractivity contribution in [2.24, 2.45) is 0 Å². The molecule has 0 saturated carbocycles. The van der Waals surface area contributed by atoms with Crippen molar-refractivity contribution in [3.05, 3.63) is 29.6 Å². The van der Waals surface area contributed by atoms with Crippen molar-refractivity contribution in [3.63, 3.8) is 0 Å². The molecule has 92 valence electrons. The number of likely N-dealkylation sites (N-methyl/N-ethyl adjacent to an activating group) is 1. The molecule has 4 nitrogen and oxygen atoms in total. The number of carbonyl (C=O) groups excluding carboxylic acids is 1. The van der Waals surface area contributed by atoms with Gasteiger partial charge in [-0.25, -0.2) is 0 Å². The molecule has 1 saturated heterocycles. The number of carbonyl (C=O) groups is 1. The molecule has 0 spiro atoms. The number of aromatic nitrogens is 1. The Morgan fingerprint density at radius 3 is 2.82 bits per heavy atom. The van der Waals surface area contributed by atoms with Crippen molar-refractivity contribution in [1.29, 1.82) is 0 Å². The first-order chi connectivity index (χ1) is 8.08. The van der Waals surface area contributed by atoms with Gasteiger partial charge < -0.3 is 9.80 Å². The topological polar surface area (TPSA) is 36.4 Å². The van der Waals surface area contributed by atoms with Gasteiger partial charge in [-0.15, -0.1) is 0 Å². The Labute approximate surface area is 102 Å². The number of aryl methyl sites for hydroxylation is 1. The monoisotopic (exact) mass is 233 g/mol. The second-order valence-electron chi connectivity index (χ2n) is 4.91. The molecule has 1 atom stereocenters. The Bertz CT molecular complexity index is 417. The van der Waals surface area contributed by atoms with Gasteiger partial charge in [0.1, 0.15) is 0 Å². The van der Waals surface area contributed by atoms with Crippen molar-refractivity contribution in [2.75, 3.05) is 27.2 Å². The molecule has 2 heterocycles. The van der Waals surface area contributed by atoms with Gasteiger partial charge in [0.25, 0.3) is 5.91 Å². The average molecular weight is 233 g/mol. The minimum atomic E-state index is 0.102. The van der Waals surface area contributed by atoms with E-state index in [4.69, 9.17) is 0 Å². The van der Waals surface area contributed by atoms with E-state index in [1.54, 1.807) is 12.4 Å². The molecular formula is C13H19N3O. The maximum atomic E-state index is 12.2. The molecule has 0 N–H and O–H groups in total. The minimum Gasteiger partial charge on any atom is -0.337 e. The highest BCUT2D eigenvalue weighted by molar-refractivity contribution is 5.94. The third-order valence-corrected chi connectivity index (χ3v) is 3.30. The maximum absolute atomic E-state index is 12.2. The summed E-state index contributed by atoms with van der Waals surface area (Å²) in [6.07, 6.45) is 4.47. The zero-order valence-electron chi connectivity index (χ0n) is 10.7. The SMILES string of the molecule is Cc1cncc(C(=O)N2CCC(N(C)C)C2)c1. The molecule has 1 amide bonds. The first-order valence-electron chi connectivity index (χ1n) is 5.95. The van der Waals surface area contributed by atoms with Crippen molar-refractivity contribution >= 4 is 5.91 Å². The Morgan fingerprint density at radius 1 is 1.47 bits per heavy atom. The van der Waals surface area contributed by atoms with Crippen LogP contribution in [0.2, 0.25) is 0 Å². The molecule has 17 heavy (non-hydrogen) atoms. The summed E-state index contributed by atoms with van der Waals surface area (Å²) in [5, 5.41) is 0. The van der Waals surface area contributed by atoms with Crippen LogP contribution in [-0.4, -0.2) is 53.9 Å². The van der Waals surface area contributed by atoms with E-state index in [0.29, 0.717) is 11.6 Å². The van der Waals surface area contributed by atoms with Gasteiger partial charge in [-0.05, 0) is 39.1 Å². The molecule has 1 fully saturated rings. The maximum Gasteiger partial charge on any atom is 0.255 e. The van der Waals surface area contributed by atoms with Crippen LogP contribution in [0.1, 0.15) is 22.3 Å². The fourth-order valence-corrected chi connectivity index (χ4v) is 2.20. The lowest BCUT2D eigenvalue weighted by Crippen LogP contribution is -2.34. The summed E-state index contributed by atoms with van der Waals surface area (Å²) in [5.41, 5.74) is 1.73. The molecule has 1 unspecified atom stereocenters. The van der Waals surface area contributed by atoms with E-state index < -0.39 is 0 Å². The number of rotatable bonds is 2. The van der Waals surface area contributed by atoms with E-state index in [9.17, 15) is 4.79 Å². The summed E-state index contributed by atoms with van der Waals surface area (Å²) in [6.45, 7) is 3.62. The van der Waals surface area contributed by atoms with Crippen molar-refractivity contribution in [3.8, 4) is 0 Å². The van der Waals surface area contributed by atoms with Crippen LogP contribution in [0.5, 0.6) is 0 Å². The molecular weight excluding hydrogens is 214 g/mol. The van der Waals surface area contributed by atoms with Gasteiger partial charge in [-0.2, -0.15) is 0 Å². The molecule has 0 aliphatic carbocycles. The first-order valence-corrected chi connectivity index (χ1v) is 5.95. The minimum absolute atomic E-state index is 0.102. The normalized spacial score (nSPS) is 20.0. The van der Waals surface area contributed by atoms with E-state index in [1.165, 1.54) is 0 Å². The third-order valence-electron chi connectivity index (χ3n) is 3.30. The number of amides is 1. The summed E-state index contributed by atoms with van der Waals surface area (Å²) in [4.78, 5) is 20.4. The highest BCUT2D eigenvalue weighted by Crippen LogP contribution is 2.16. The van der Waals surface area contributed by atoms with Gasteiger partial charge in [0.05, 0.1) is 5.56 Å². The van der Waals surface area contributed by atoms with Crippen LogP contribution in [0.4, 0.5) is 0 Å². The van der Waals surface area contributed by atoms with Crippen LogP contribution in [0.3, 0.4) is 0 Å². The van der Waals surface area contributed by atoms with Crippen molar-refractivity contribution < 1.29 is 4.79 Å². The Balaban J connectivity index is 2.07. The number of pyridine rings is 1. The van der Waals surface area contributed by atoms with Gasteiger partial charge in [0, 0.05) is 31.5 Å². The summed E-state index contributed by atoms with van der Waals surface area (Å²) in [7, 11) is 4.12. The zero-order chi connectivity index (χ0) is 12.4. The third kappa shape index (κ3) is 2.64. The summed E-state index contributed by atoms with van der Waals surface area (Å²) in [6, 6.07) is 2.38. The average Bonchev–Trinajstić information content (AvgIpc) is 2.77. The molecule has 0 bridgehead atoms. The van der Waals surface area contributed by atoms with Gasteiger partial charge >= 0.3 is 0 Å². The van der Waals surface area contributed by atoms with E-state index >= 15 is 0 Å². The number of hydrogen-bond acceptors (Lipinski definition) is 3. The van der Waals surface area contributed by atoms with Gasteiger partial charge in [-0.1, -0.05) is 0 Å². The van der Waals surface area contributed by atoms with Crippen LogP contribution in [0.25, 0.3) is 0 Å². The van der Waals surface area contributed by atoms with Crippen LogP contribution >= 0.6 is 0 Å². The lowest BCUT2D eigenvalue weighted by atomic mass is 10.2. The fourth-order valence-electron chi connectivity index (χ4n) is 2.20. The highest BCUT2D eigenvalue weighted by Gasteiger charge is 2.28. The molecule has 0 radical (unpaired) electrons. The molecule has 1 aromatic heterocycles. The quantitative estimate of drug-likeness (QED) is 0.769. The van der Waals surface area contributed by atoms with E-state index in [1.807, 2.05) is 17.9 Å². The number of likely N-dealkylation sites (tertiary alicyclic amines) is 1. The Hall–Kier alpha value is -1.42. The van der Waals surface area contributed by atoms with Crippen LogP contribution in [0, 0.1) is 6.92 Å². The lowest BCUT2D eigenvalue weighted by Gasteiger charge is -2.20. The van der Waals surface area contributed by atoms with Gasteiger partial charge in [0.15, 0.2) is 0 Å². The summed E-state index contributed by atoms with van der Waals surface area (Å²) < 4.78 is 0. The van der Waals surface area contributed by atoms with Gasteiger partial charge in [-0.3, -0.25) is 9.78 Å². The second-order valence-corrected chi connectivity index (χ2v) is 4.91. The molecule has 1 aliphatic rings. The van der Waals surface area contributed by atoms with Crippen LogP contribution < -0.4 is 0 Å². The number of nitrogens with zero attached hydrogens (tertiary/aromatic N) is 3. The molecule has 1 aromatic rings. The molecule has 2 rings (SSSR count). The van der Waals surface area contributed by atoms with Crippen molar-refractivity contribution in [2.45, 2.75) is 19.4 Å². The Kier molecular flexibility index (Phi) is 3.43. The highest BCUT2D eigenvalue weighted by atomic mass is 16.2. The second kappa shape index (κ2) is 4.84. The molecule has 1 aliphatic heterocycles. The van der Waals surface area contributed by atoms with E-state index in [2.05, 4.69) is 24.0 Å². The summed E-state index contributed by atoms with van der Waals surface area (Å²) >= 11 is 0. The van der Waals surface area contributed by atoms with E-state index in [0.717, 1.165) is 25.1 Å². The first kappa shape index (κ1) is 12.0. The standard InChI is InChI=1S/C13H19N3O/c1-10-6-11(8-14-7-10)13(17)16-5-4-12(9-16)15(2)3/h6-8,12H,4-5,9H2,1-3H3. The number of hydrogen-bond donors (Lipinski definition) is 0. The van der Waals surface area contributed by atoms with Crippen molar-refractivity contribution in [1.82, 2.24) is 14.8 Å².